The maximum atomic E-state index is 13.3. The van der Waals surface area contributed by atoms with Gasteiger partial charge < -0.3 is 15.0 Å². The molecule has 0 saturated carbocycles. The van der Waals surface area contributed by atoms with Crippen molar-refractivity contribution < 1.29 is 18.7 Å². The predicted octanol–water partition coefficient (Wildman–Crippen LogP) is 2.68. The highest BCUT2D eigenvalue weighted by atomic mass is 19.1. The normalized spacial score (nSPS) is 14.2. The Balaban J connectivity index is 1.83. The Labute approximate surface area is 151 Å². The van der Waals surface area contributed by atoms with Crippen LogP contribution >= 0.6 is 0 Å². The van der Waals surface area contributed by atoms with Crippen LogP contribution in [0.2, 0.25) is 0 Å². The van der Waals surface area contributed by atoms with Gasteiger partial charge in [-0.15, -0.1) is 0 Å². The zero-order valence-corrected chi connectivity index (χ0v) is 14.6. The van der Waals surface area contributed by atoms with Crippen LogP contribution in [0.3, 0.4) is 0 Å². The van der Waals surface area contributed by atoms with Gasteiger partial charge in [-0.2, -0.15) is 0 Å². The summed E-state index contributed by atoms with van der Waals surface area (Å²) in [4.78, 5) is 26.8. The minimum Gasteiger partial charge on any atom is -0.383 e. The van der Waals surface area contributed by atoms with E-state index in [4.69, 9.17) is 4.74 Å². The largest absolute Gasteiger partial charge is 0.383 e. The lowest BCUT2D eigenvalue weighted by molar-refractivity contribution is -0.122. The zero-order chi connectivity index (χ0) is 18.5. The number of amides is 2. The van der Waals surface area contributed by atoms with Crippen molar-refractivity contribution in [1.29, 1.82) is 0 Å². The number of benzene rings is 2. The Morgan fingerprint density at radius 3 is 2.65 bits per heavy atom. The molecule has 1 aliphatic heterocycles. The van der Waals surface area contributed by atoms with Crippen LogP contribution in [0.15, 0.2) is 48.5 Å². The summed E-state index contributed by atoms with van der Waals surface area (Å²) in [6.45, 7) is 1.25. The van der Waals surface area contributed by atoms with Gasteiger partial charge >= 0.3 is 0 Å². The number of hydrogen-bond donors (Lipinski definition) is 1. The standard InChI is InChI=1S/C20H21FN2O3/c1-26-11-10-22-19(24)12-18(14-6-8-16(21)9-7-14)23-13-15-4-2-3-5-17(15)20(23)25/h2-9,18H,10-13H2,1H3,(H,22,24). The van der Waals surface area contributed by atoms with Gasteiger partial charge in [0, 0.05) is 25.8 Å². The Morgan fingerprint density at radius 2 is 1.96 bits per heavy atom. The molecule has 0 fully saturated rings. The molecule has 2 aromatic carbocycles. The first kappa shape index (κ1) is 18.1. The van der Waals surface area contributed by atoms with Gasteiger partial charge in [-0.25, -0.2) is 4.39 Å². The summed E-state index contributed by atoms with van der Waals surface area (Å²) in [5.41, 5.74) is 2.32. The molecular formula is C20H21FN2O3. The number of carbonyl (C=O) groups is 2. The molecule has 1 aliphatic rings. The van der Waals surface area contributed by atoms with E-state index in [-0.39, 0.29) is 24.1 Å². The van der Waals surface area contributed by atoms with Crippen LogP contribution in [0.5, 0.6) is 0 Å². The Morgan fingerprint density at radius 1 is 1.23 bits per heavy atom. The molecule has 0 radical (unpaired) electrons. The van der Waals surface area contributed by atoms with Gasteiger partial charge in [-0.1, -0.05) is 30.3 Å². The number of carbonyl (C=O) groups excluding carboxylic acids is 2. The van der Waals surface area contributed by atoms with E-state index >= 15 is 0 Å². The fourth-order valence-corrected chi connectivity index (χ4v) is 3.16. The molecule has 0 aliphatic carbocycles. The third-order valence-corrected chi connectivity index (χ3v) is 4.49. The van der Waals surface area contributed by atoms with E-state index in [1.54, 1.807) is 30.2 Å². The van der Waals surface area contributed by atoms with Crippen molar-refractivity contribution in [2.24, 2.45) is 0 Å². The molecule has 26 heavy (non-hydrogen) atoms. The summed E-state index contributed by atoms with van der Waals surface area (Å²) >= 11 is 0. The van der Waals surface area contributed by atoms with Crippen LogP contribution in [-0.2, 0) is 16.1 Å². The van der Waals surface area contributed by atoms with Crippen molar-refractivity contribution in [2.45, 2.75) is 19.0 Å². The van der Waals surface area contributed by atoms with Crippen molar-refractivity contribution >= 4 is 11.8 Å². The summed E-state index contributed by atoms with van der Waals surface area (Å²) in [7, 11) is 1.56. The van der Waals surface area contributed by atoms with E-state index in [1.807, 2.05) is 18.2 Å². The van der Waals surface area contributed by atoms with Gasteiger partial charge in [0.25, 0.3) is 5.91 Å². The average molecular weight is 356 g/mol. The molecule has 5 nitrogen and oxygen atoms in total. The van der Waals surface area contributed by atoms with E-state index in [1.165, 1.54) is 12.1 Å². The highest BCUT2D eigenvalue weighted by Gasteiger charge is 2.34. The summed E-state index contributed by atoms with van der Waals surface area (Å²) in [6, 6.07) is 12.9. The lowest BCUT2D eigenvalue weighted by Gasteiger charge is -2.28. The van der Waals surface area contributed by atoms with Gasteiger partial charge in [-0.3, -0.25) is 9.59 Å². The fraction of sp³-hybridized carbons (Fsp3) is 0.300. The van der Waals surface area contributed by atoms with E-state index < -0.39 is 6.04 Å². The Bertz CT molecular complexity index is 792. The lowest BCUT2D eigenvalue weighted by atomic mass is 10.0. The summed E-state index contributed by atoms with van der Waals surface area (Å²) in [5, 5.41) is 2.78. The molecule has 2 amide bonds. The van der Waals surface area contributed by atoms with Gasteiger partial charge in [0.2, 0.25) is 5.91 Å². The smallest absolute Gasteiger partial charge is 0.255 e. The first-order valence-corrected chi connectivity index (χ1v) is 8.50. The maximum absolute atomic E-state index is 13.3. The minimum atomic E-state index is -0.460. The Hall–Kier alpha value is -2.73. The van der Waals surface area contributed by atoms with Gasteiger partial charge in [-0.05, 0) is 29.3 Å². The zero-order valence-electron chi connectivity index (χ0n) is 14.6. The second-order valence-electron chi connectivity index (χ2n) is 6.20. The summed E-state index contributed by atoms with van der Waals surface area (Å²) in [5.74, 6) is -0.646. The van der Waals surface area contributed by atoms with E-state index in [0.29, 0.717) is 25.3 Å². The van der Waals surface area contributed by atoms with E-state index in [0.717, 1.165) is 11.1 Å². The SMILES string of the molecule is COCCNC(=O)CC(c1ccc(F)cc1)N1Cc2ccccc2C1=O. The number of nitrogens with one attached hydrogen (secondary N) is 1. The number of methoxy groups -OCH3 is 1. The quantitative estimate of drug-likeness (QED) is 0.776. The molecule has 6 heteroatoms. The van der Waals surface area contributed by atoms with Gasteiger partial charge in [0.15, 0.2) is 0 Å². The molecule has 136 valence electrons. The molecular weight excluding hydrogens is 335 g/mol. The molecule has 0 aromatic heterocycles. The number of hydrogen-bond acceptors (Lipinski definition) is 3. The summed E-state index contributed by atoms with van der Waals surface area (Å²) in [6.07, 6.45) is 0.106. The number of ether oxygens (including phenoxy) is 1. The molecule has 3 rings (SSSR count). The predicted molar refractivity (Wildman–Crippen MR) is 95.0 cm³/mol. The minimum absolute atomic E-state index is 0.106. The van der Waals surface area contributed by atoms with Crippen LogP contribution in [-0.4, -0.2) is 37.0 Å². The van der Waals surface area contributed by atoms with Crippen LogP contribution in [0, 0.1) is 5.82 Å². The molecule has 2 aromatic rings. The lowest BCUT2D eigenvalue weighted by Crippen LogP contribution is -2.35. The van der Waals surface area contributed by atoms with E-state index in [2.05, 4.69) is 5.32 Å². The van der Waals surface area contributed by atoms with Crippen molar-refractivity contribution in [2.75, 3.05) is 20.3 Å². The molecule has 1 unspecified atom stereocenters. The second-order valence-corrected chi connectivity index (χ2v) is 6.20. The topological polar surface area (TPSA) is 58.6 Å². The first-order chi connectivity index (χ1) is 12.6. The van der Waals surface area contributed by atoms with Crippen LogP contribution < -0.4 is 5.32 Å². The van der Waals surface area contributed by atoms with Gasteiger partial charge in [0.05, 0.1) is 19.1 Å². The average Bonchev–Trinajstić information content (AvgIpc) is 2.98. The third kappa shape index (κ3) is 3.91. The van der Waals surface area contributed by atoms with Gasteiger partial charge in [0.1, 0.15) is 5.82 Å². The Kier molecular flexibility index (Phi) is 5.63. The molecule has 1 N–H and O–H groups in total. The van der Waals surface area contributed by atoms with Crippen molar-refractivity contribution in [3.05, 3.63) is 71.0 Å². The third-order valence-electron chi connectivity index (χ3n) is 4.49. The van der Waals surface area contributed by atoms with Crippen molar-refractivity contribution in [1.82, 2.24) is 10.2 Å². The number of rotatable bonds is 7. The molecule has 1 atom stereocenters. The van der Waals surface area contributed by atoms with Crippen LogP contribution in [0.1, 0.15) is 33.9 Å². The van der Waals surface area contributed by atoms with Crippen LogP contribution in [0.25, 0.3) is 0 Å². The summed E-state index contributed by atoms with van der Waals surface area (Å²) < 4.78 is 18.2. The number of halogens is 1. The maximum Gasteiger partial charge on any atom is 0.255 e. The second kappa shape index (κ2) is 8.10. The van der Waals surface area contributed by atoms with Crippen LogP contribution in [0.4, 0.5) is 4.39 Å². The van der Waals surface area contributed by atoms with Crippen molar-refractivity contribution in [3.8, 4) is 0 Å². The monoisotopic (exact) mass is 356 g/mol. The highest BCUT2D eigenvalue weighted by Crippen LogP contribution is 2.33. The first-order valence-electron chi connectivity index (χ1n) is 8.50. The molecule has 0 bridgehead atoms. The molecule has 0 saturated heterocycles. The fourth-order valence-electron chi connectivity index (χ4n) is 3.16. The molecule has 1 heterocycles. The van der Waals surface area contributed by atoms with Crippen molar-refractivity contribution in [3.63, 3.8) is 0 Å². The highest BCUT2D eigenvalue weighted by molar-refractivity contribution is 5.98. The molecule has 0 spiro atoms. The number of fused-ring (bicyclic) bond motifs is 1. The van der Waals surface area contributed by atoms with E-state index in [9.17, 15) is 14.0 Å². The number of nitrogens with zero attached hydrogens (tertiary/aromatic N) is 1.